The molecule has 0 spiro atoms. The summed E-state index contributed by atoms with van der Waals surface area (Å²) in [6.45, 7) is 2.12. The first-order chi connectivity index (χ1) is 36.7. The number of ether oxygens (including phenoxy) is 3. The number of likely N-dealkylation sites (N-methyl/N-ethyl adjacent to an activating group) is 1. The van der Waals surface area contributed by atoms with Crippen LogP contribution in [-0.2, 0) is 38.7 Å². The Balaban J connectivity index is 0.650. The van der Waals surface area contributed by atoms with Gasteiger partial charge in [0, 0.05) is 81.7 Å². The number of carbonyl (C=O) groups excluding carboxylic acids is 4. The molecule has 4 atom stereocenters. The Kier molecular flexibility index (Phi) is 19.9. The van der Waals surface area contributed by atoms with Crippen LogP contribution < -0.4 is 30.7 Å². The Morgan fingerprint density at radius 3 is 2.36 bits per heavy atom. The molecule has 5 N–H and O–H groups in total. The molecule has 1 aliphatic heterocycles. The number of benzene rings is 2. The molecule has 4 aromatic rings. The molecule has 1 saturated heterocycles. The normalized spacial score (nSPS) is 23.9. The average molecular weight is 1080 g/mol. The third-order valence-corrected chi connectivity index (χ3v) is 17.8. The van der Waals surface area contributed by atoms with Crippen LogP contribution in [0.3, 0.4) is 0 Å². The zero-order valence-electron chi connectivity index (χ0n) is 44.0. The molecule has 3 heterocycles. The van der Waals surface area contributed by atoms with Gasteiger partial charge in [-0.2, -0.15) is 5.26 Å². The first-order valence-electron chi connectivity index (χ1n) is 27.0. The SMILES string of the molecule is CN(C)[C@@H]1CCCC[C@H]1Nc1ccc(S(=O)(=O)Nc2nc3ccc(OCCCNC(=O)C4CCC(NC(=O)CCCOC5CCC(OCCNC(=O)[C@H]6CC(=O)N(C)[C@@H]6c6cccnc6)CC5)CC4)cc3s2)c(C#N)c1. The van der Waals surface area contributed by atoms with E-state index in [1.807, 2.05) is 18.2 Å². The highest BCUT2D eigenvalue weighted by molar-refractivity contribution is 7.93. The van der Waals surface area contributed by atoms with Gasteiger partial charge >= 0.3 is 0 Å². The van der Waals surface area contributed by atoms with Gasteiger partial charge in [0.05, 0.1) is 53.2 Å². The minimum Gasteiger partial charge on any atom is -0.493 e. The number of nitrogens with zero attached hydrogens (tertiary/aromatic N) is 5. The molecule has 3 saturated carbocycles. The fourth-order valence-corrected chi connectivity index (χ4v) is 13.4. The van der Waals surface area contributed by atoms with E-state index in [1.54, 1.807) is 48.6 Å². The van der Waals surface area contributed by atoms with Crippen molar-refractivity contribution in [1.82, 2.24) is 35.7 Å². The fourth-order valence-electron chi connectivity index (χ4n) is 11.2. The van der Waals surface area contributed by atoms with Gasteiger partial charge in [-0.25, -0.2) is 13.4 Å². The van der Waals surface area contributed by atoms with E-state index in [0.29, 0.717) is 88.0 Å². The van der Waals surface area contributed by atoms with Gasteiger partial charge < -0.3 is 45.3 Å². The van der Waals surface area contributed by atoms with E-state index in [9.17, 15) is 32.9 Å². The van der Waals surface area contributed by atoms with Gasteiger partial charge in [0.1, 0.15) is 16.7 Å². The number of nitriles is 1. The monoisotopic (exact) mass is 1080 g/mol. The number of hydrogen-bond donors (Lipinski definition) is 5. The van der Waals surface area contributed by atoms with Crippen LogP contribution in [0.5, 0.6) is 5.75 Å². The zero-order valence-corrected chi connectivity index (χ0v) is 45.6. The molecule has 21 heteroatoms. The van der Waals surface area contributed by atoms with Crippen LogP contribution >= 0.6 is 11.3 Å². The quantitative estimate of drug-likeness (QED) is 0.0461. The highest BCUT2D eigenvalue weighted by atomic mass is 32.2. The number of pyridine rings is 1. The molecular weight excluding hydrogens is 1010 g/mol. The molecule has 4 aliphatic rings. The van der Waals surface area contributed by atoms with E-state index in [2.05, 4.69) is 61.0 Å². The molecule has 0 radical (unpaired) electrons. The van der Waals surface area contributed by atoms with Gasteiger partial charge in [-0.1, -0.05) is 30.2 Å². The largest absolute Gasteiger partial charge is 0.493 e. The summed E-state index contributed by atoms with van der Waals surface area (Å²) in [4.78, 5) is 63.6. The number of fused-ring (bicyclic) bond motifs is 1. The average Bonchev–Trinajstić information content (AvgIpc) is 3.97. The number of sulfonamides is 1. The van der Waals surface area contributed by atoms with Gasteiger partial charge in [0.15, 0.2) is 5.13 Å². The minimum atomic E-state index is -4.11. The maximum absolute atomic E-state index is 13.5. The number of nitrogens with one attached hydrogen (secondary N) is 5. The molecule has 4 amide bonds. The number of amides is 4. The number of rotatable bonds is 24. The van der Waals surface area contributed by atoms with Gasteiger partial charge in [-0.3, -0.25) is 28.9 Å². The smallest absolute Gasteiger partial charge is 0.264 e. The van der Waals surface area contributed by atoms with E-state index in [-0.39, 0.29) is 81.9 Å². The lowest BCUT2D eigenvalue weighted by molar-refractivity contribution is -0.128. The highest BCUT2D eigenvalue weighted by Crippen LogP contribution is 2.37. The van der Waals surface area contributed by atoms with Crippen molar-refractivity contribution in [2.24, 2.45) is 11.8 Å². The summed E-state index contributed by atoms with van der Waals surface area (Å²) in [6.07, 6.45) is 16.2. The first kappa shape index (κ1) is 56.3. The maximum Gasteiger partial charge on any atom is 0.264 e. The molecule has 19 nitrogen and oxygen atoms in total. The van der Waals surface area contributed by atoms with Crippen LogP contribution in [-0.4, -0.2) is 136 Å². The Labute approximate surface area is 450 Å². The van der Waals surface area contributed by atoms with Crippen molar-refractivity contribution in [2.45, 2.75) is 144 Å². The molecule has 8 rings (SSSR count). The van der Waals surface area contributed by atoms with Gasteiger partial charge in [0.25, 0.3) is 10.0 Å². The van der Waals surface area contributed by atoms with E-state index in [4.69, 9.17) is 14.2 Å². The lowest BCUT2D eigenvalue weighted by Gasteiger charge is -2.37. The van der Waals surface area contributed by atoms with Crippen molar-refractivity contribution >= 4 is 66.0 Å². The van der Waals surface area contributed by atoms with Crippen LogP contribution in [0, 0.1) is 23.2 Å². The molecule has 2 aromatic carbocycles. The maximum atomic E-state index is 13.5. The number of thiazole rings is 1. The zero-order chi connectivity index (χ0) is 53.6. The van der Waals surface area contributed by atoms with Gasteiger partial charge in [-0.05, 0) is 139 Å². The number of likely N-dealkylation sites (tertiary alicyclic amines) is 1. The number of carbonyl (C=O) groups is 4. The molecule has 0 unspecified atom stereocenters. The van der Waals surface area contributed by atoms with Crippen molar-refractivity contribution < 1.29 is 41.8 Å². The molecule has 410 valence electrons. The summed E-state index contributed by atoms with van der Waals surface area (Å²) in [5.74, 6) is -0.162. The van der Waals surface area contributed by atoms with Crippen LogP contribution in [0.25, 0.3) is 10.2 Å². The third-order valence-electron chi connectivity index (χ3n) is 15.3. The second-order valence-electron chi connectivity index (χ2n) is 20.8. The molecule has 3 aliphatic carbocycles. The summed E-state index contributed by atoms with van der Waals surface area (Å²) < 4.78 is 48.5. The Hall–Kier alpha value is -5.92. The van der Waals surface area contributed by atoms with E-state index in [1.165, 1.54) is 23.8 Å². The molecule has 0 bridgehead atoms. The summed E-state index contributed by atoms with van der Waals surface area (Å²) in [5, 5.41) is 22.8. The number of aromatic nitrogens is 2. The van der Waals surface area contributed by atoms with Crippen LogP contribution in [0.15, 0.2) is 65.8 Å². The standard InChI is InChI=1S/C55H74N10O9S2/c1-64(2)47-11-5-4-10-45(47)60-40-17-24-49(38(31-40)34-56)76(70,71)63-55-62-46-23-22-43(32-48(46)75-55)73-29-8-26-58-53(68)36-13-15-39(16-14-36)61-50(66)12-7-28-72-41-18-20-42(21-19-41)74-30-27-59-54(69)44-33-51(67)65(3)52(44)37-9-6-25-57-35-37/h6,9,17,22-25,31-32,35-36,39,41-42,44-45,47,52,60H,4-5,7-8,10-16,18-21,26-30,33H2,1-3H3,(H,58,68)(H,59,69)(H,61,66)(H,62,63)/t36?,39?,41?,42?,44-,45+,47+,52+/m0/s1. The summed E-state index contributed by atoms with van der Waals surface area (Å²) >= 11 is 1.17. The van der Waals surface area contributed by atoms with E-state index in [0.717, 1.165) is 68.1 Å². The molecule has 2 aromatic heterocycles. The molecule has 76 heavy (non-hydrogen) atoms. The van der Waals surface area contributed by atoms with Crippen molar-refractivity contribution in [3.8, 4) is 11.8 Å². The van der Waals surface area contributed by atoms with Crippen molar-refractivity contribution in [3.05, 3.63) is 72.1 Å². The van der Waals surface area contributed by atoms with Crippen molar-refractivity contribution in [2.75, 3.05) is 64.1 Å². The summed E-state index contributed by atoms with van der Waals surface area (Å²) in [7, 11) is 1.75. The summed E-state index contributed by atoms with van der Waals surface area (Å²) in [5.41, 5.74) is 2.21. The minimum absolute atomic E-state index is 0.00682. The van der Waals surface area contributed by atoms with E-state index < -0.39 is 15.9 Å². The van der Waals surface area contributed by atoms with Gasteiger partial charge in [-0.15, -0.1) is 0 Å². The second-order valence-corrected chi connectivity index (χ2v) is 23.5. The highest BCUT2D eigenvalue weighted by Gasteiger charge is 2.43. The Morgan fingerprint density at radius 1 is 0.868 bits per heavy atom. The third kappa shape index (κ3) is 15.2. The van der Waals surface area contributed by atoms with Crippen molar-refractivity contribution in [1.29, 1.82) is 5.26 Å². The van der Waals surface area contributed by atoms with Gasteiger partial charge in [0.2, 0.25) is 23.6 Å². The lowest BCUT2D eigenvalue weighted by Crippen LogP contribution is -2.45. The lowest BCUT2D eigenvalue weighted by atomic mass is 9.85. The predicted octanol–water partition coefficient (Wildman–Crippen LogP) is 6.67. The first-order valence-corrected chi connectivity index (χ1v) is 29.3. The Bertz CT molecular complexity index is 2760. The van der Waals surface area contributed by atoms with E-state index >= 15 is 0 Å². The van der Waals surface area contributed by atoms with Crippen LogP contribution in [0.1, 0.15) is 120 Å². The summed E-state index contributed by atoms with van der Waals surface area (Å²) in [6, 6.07) is 16.2. The Morgan fingerprint density at radius 2 is 1.62 bits per heavy atom. The number of anilines is 2. The predicted molar refractivity (Wildman–Crippen MR) is 290 cm³/mol. The van der Waals surface area contributed by atoms with Crippen LogP contribution in [0.4, 0.5) is 10.8 Å². The topological polar surface area (TPSA) is 246 Å². The second kappa shape index (κ2) is 26.9. The molecular formula is C55H74N10O9S2. The number of hydrogen-bond acceptors (Lipinski definition) is 15. The van der Waals surface area contributed by atoms with Crippen LogP contribution in [0.2, 0.25) is 0 Å². The fraction of sp³-hybridized carbons (Fsp3) is 0.582. The molecule has 4 fully saturated rings. The van der Waals surface area contributed by atoms with Crippen molar-refractivity contribution in [3.63, 3.8) is 0 Å².